The van der Waals surface area contributed by atoms with Crippen LogP contribution in [0.1, 0.15) is 12.8 Å². The first-order valence-corrected chi connectivity index (χ1v) is 8.84. The second-order valence-electron chi connectivity index (χ2n) is 5.15. The summed E-state index contributed by atoms with van der Waals surface area (Å²) >= 11 is 3.08. The van der Waals surface area contributed by atoms with Crippen LogP contribution in [0.2, 0.25) is 0 Å². The summed E-state index contributed by atoms with van der Waals surface area (Å²) in [5.41, 5.74) is 5.85. The number of nitrogen functional groups attached to an aromatic ring is 1. The van der Waals surface area contributed by atoms with E-state index in [2.05, 4.69) is 15.9 Å². The van der Waals surface area contributed by atoms with Crippen molar-refractivity contribution in [1.82, 2.24) is 4.31 Å². The molecule has 0 unspecified atom stereocenters. The molecule has 8 heteroatoms. The number of ether oxygens (including phenoxy) is 1. The van der Waals surface area contributed by atoms with Crippen molar-refractivity contribution in [1.29, 1.82) is 0 Å². The minimum atomic E-state index is -3.89. The van der Waals surface area contributed by atoms with E-state index in [1.165, 1.54) is 11.4 Å². The summed E-state index contributed by atoms with van der Waals surface area (Å²) in [5, 5.41) is 0. The molecule has 0 spiro atoms. The van der Waals surface area contributed by atoms with Crippen LogP contribution in [-0.4, -0.2) is 39.5 Å². The molecular formula is C13H18BrFN2O3S. The predicted molar refractivity (Wildman–Crippen MR) is 81.9 cm³/mol. The highest BCUT2D eigenvalue weighted by molar-refractivity contribution is 9.10. The van der Waals surface area contributed by atoms with Gasteiger partial charge in [0, 0.05) is 37.0 Å². The third-order valence-corrected chi connectivity index (χ3v) is 6.12. The molecular weight excluding hydrogens is 363 g/mol. The zero-order valence-corrected chi connectivity index (χ0v) is 14.1. The third kappa shape index (κ3) is 3.74. The molecule has 0 aromatic heterocycles. The highest BCUT2D eigenvalue weighted by Gasteiger charge is 2.28. The fourth-order valence-electron chi connectivity index (χ4n) is 2.30. The van der Waals surface area contributed by atoms with Crippen molar-refractivity contribution in [2.75, 3.05) is 32.5 Å². The quantitative estimate of drug-likeness (QED) is 0.812. The highest BCUT2D eigenvalue weighted by Crippen LogP contribution is 2.28. The van der Waals surface area contributed by atoms with Gasteiger partial charge in [-0.1, -0.05) is 0 Å². The van der Waals surface area contributed by atoms with Crippen molar-refractivity contribution >= 4 is 31.6 Å². The largest absolute Gasteiger partial charge is 0.398 e. The van der Waals surface area contributed by atoms with Gasteiger partial charge in [0.1, 0.15) is 10.7 Å². The van der Waals surface area contributed by atoms with Crippen LogP contribution in [-0.2, 0) is 14.8 Å². The molecule has 2 N–H and O–H groups in total. The maximum Gasteiger partial charge on any atom is 0.245 e. The molecule has 0 aliphatic carbocycles. The zero-order chi connectivity index (χ0) is 15.6. The molecule has 2 rings (SSSR count). The summed E-state index contributed by atoms with van der Waals surface area (Å²) in [6.07, 6.45) is 1.62. The van der Waals surface area contributed by atoms with Gasteiger partial charge in [0.2, 0.25) is 10.0 Å². The van der Waals surface area contributed by atoms with E-state index in [1.807, 2.05) is 0 Å². The van der Waals surface area contributed by atoms with Gasteiger partial charge in [-0.2, -0.15) is 0 Å². The number of benzene rings is 1. The Hall–Kier alpha value is -0.700. The predicted octanol–water partition coefficient (Wildman–Crippen LogP) is 2.22. The molecule has 0 saturated carbocycles. The molecule has 1 aromatic rings. The lowest BCUT2D eigenvalue weighted by molar-refractivity contribution is 0.0620. The normalized spacial score (nSPS) is 17.3. The SMILES string of the molecule is CN(CC1CCOCC1)S(=O)(=O)c1cc(N)c(Br)cc1F. The topological polar surface area (TPSA) is 72.6 Å². The molecule has 5 nitrogen and oxygen atoms in total. The van der Waals surface area contributed by atoms with Gasteiger partial charge in [0.25, 0.3) is 0 Å². The lowest BCUT2D eigenvalue weighted by atomic mass is 10.0. The number of hydrogen-bond donors (Lipinski definition) is 1. The molecule has 0 radical (unpaired) electrons. The maximum atomic E-state index is 14.0. The molecule has 1 fully saturated rings. The first-order valence-electron chi connectivity index (χ1n) is 6.61. The number of sulfonamides is 1. The maximum absolute atomic E-state index is 14.0. The molecule has 0 amide bonds. The van der Waals surface area contributed by atoms with Crippen LogP contribution in [0.4, 0.5) is 10.1 Å². The number of hydrogen-bond acceptors (Lipinski definition) is 4. The van der Waals surface area contributed by atoms with Crippen molar-refractivity contribution in [2.24, 2.45) is 5.92 Å². The minimum absolute atomic E-state index is 0.189. The average molecular weight is 381 g/mol. The summed E-state index contributed by atoms with van der Waals surface area (Å²) in [6, 6.07) is 2.22. The lowest BCUT2D eigenvalue weighted by Crippen LogP contribution is -2.34. The number of nitrogens with two attached hydrogens (primary N) is 1. The minimum Gasteiger partial charge on any atom is -0.398 e. The van der Waals surface area contributed by atoms with Crippen molar-refractivity contribution in [3.63, 3.8) is 0 Å². The first kappa shape index (κ1) is 16.7. The Morgan fingerprint density at radius 2 is 2.05 bits per heavy atom. The summed E-state index contributed by atoms with van der Waals surface area (Å²) in [7, 11) is -2.43. The van der Waals surface area contributed by atoms with E-state index in [1.54, 1.807) is 0 Å². The molecule has 1 aliphatic heterocycles. The number of rotatable bonds is 4. The Balaban J connectivity index is 2.22. The Labute approximate surface area is 132 Å². The average Bonchev–Trinajstić information content (AvgIpc) is 2.43. The molecule has 1 aliphatic rings. The Bertz CT molecular complexity index is 618. The molecule has 0 bridgehead atoms. The van der Waals surface area contributed by atoms with Crippen LogP contribution in [0.15, 0.2) is 21.5 Å². The molecule has 118 valence electrons. The van der Waals surface area contributed by atoms with Crippen LogP contribution in [0.5, 0.6) is 0 Å². The van der Waals surface area contributed by atoms with Gasteiger partial charge < -0.3 is 10.5 Å². The number of anilines is 1. The smallest absolute Gasteiger partial charge is 0.245 e. The standard InChI is InChI=1S/C13H18BrFN2O3S/c1-17(8-9-2-4-20-5-3-9)21(18,19)13-7-12(16)10(14)6-11(13)15/h6-7,9H,2-5,8,16H2,1H3. The van der Waals surface area contributed by atoms with Crippen molar-refractivity contribution in [2.45, 2.75) is 17.7 Å². The molecule has 1 saturated heterocycles. The summed E-state index contributed by atoms with van der Waals surface area (Å²) in [6.45, 7) is 1.62. The van der Waals surface area contributed by atoms with Gasteiger partial charge in [-0.3, -0.25) is 0 Å². The van der Waals surface area contributed by atoms with Gasteiger partial charge in [-0.15, -0.1) is 0 Å². The Morgan fingerprint density at radius 3 is 2.67 bits per heavy atom. The van der Waals surface area contributed by atoms with Gasteiger partial charge in [0.05, 0.1) is 0 Å². The van der Waals surface area contributed by atoms with E-state index >= 15 is 0 Å². The van der Waals surface area contributed by atoms with Crippen LogP contribution in [0.3, 0.4) is 0 Å². The van der Waals surface area contributed by atoms with E-state index in [0.717, 1.165) is 25.0 Å². The zero-order valence-electron chi connectivity index (χ0n) is 11.7. The van der Waals surface area contributed by atoms with E-state index in [0.29, 0.717) is 24.2 Å². The third-order valence-electron chi connectivity index (χ3n) is 3.60. The molecule has 1 heterocycles. The Kier molecular flexibility index (Phi) is 5.24. The summed E-state index contributed by atoms with van der Waals surface area (Å²) in [5.74, 6) is -0.579. The van der Waals surface area contributed by atoms with Gasteiger partial charge in [-0.25, -0.2) is 17.1 Å². The van der Waals surface area contributed by atoms with Crippen LogP contribution in [0, 0.1) is 11.7 Å². The molecule has 0 atom stereocenters. The van der Waals surface area contributed by atoms with Crippen LogP contribution < -0.4 is 5.73 Å². The highest BCUT2D eigenvalue weighted by atomic mass is 79.9. The summed E-state index contributed by atoms with van der Waals surface area (Å²) < 4.78 is 45.7. The van der Waals surface area contributed by atoms with E-state index in [-0.39, 0.29) is 11.6 Å². The van der Waals surface area contributed by atoms with E-state index in [9.17, 15) is 12.8 Å². The van der Waals surface area contributed by atoms with E-state index in [4.69, 9.17) is 10.5 Å². The van der Waals surface area contributed by atoms with Crippen LogP contribution >= 0.6 is 15.9 Å². The van der Waals surface area contributed by atoms with Crippen molar-refractivity contribution in [3.8, 4) is 0 Å². The Morgan fingerprint density at radius 1 is 1.43 bits per heavy atom. The monoisotopic (exact) mass is 380 g/mol. The summed E-state index contributed by atoms with van der Waals surface area (Å²) in [4.78, 5) is -0.391. The molecule has 21 heavy (non-hydrogen) atoms. The first-order chi connectivity index (χ1) is 9.82. The van der Waals surface area contributed by atoms with Gasteiger partial charge in [0.15, 0.2) is 0 Å². The second kappa shape index (κ2) is 6.60. The van der Waals surface area contributed by atoms with Gasteiger partial charge >= 0.3 is 0 Å². The van der Waals surface area contributed by atoms with Crippen LogP contribution in [0.25, 0.3) is 0 Å². The fourth-order valence-corrected chi connectivity index (χ4v) is 3.94. The van der Waals surface area contributed by atoms with Crippen molar-refractivity contribution < 1.29 is 17.5 Å². The van der Waals surface area contributed by atoms with Gasteiger partial charge in [-0.05, 0) is 46.8 Å². The fraction of sp³-hybridized carbons (Fsp3) is 0.538. The second-order valence-corrected chi connectivity index (χ2v) is 8.01. The van der Waals surface area contributed by atoms with E-state index < -0.39 is 20.7 Å². The number of nitrogens with zero attached hydrogens (tertiary/aromatic N) is 1. The number of halogens is 2. The molecule has 1 aromatic carbocycles. The lowest BCUT2D eigenvalue weighted by Gasteiger charge is -2.27. The van der Waals surface area contributed by atoms with Crippen molar-refractivity contribution in [3.05, 3.63) is 22.4 Å².